The van der Waals surface area contributed by atoms with Crippen molar-refractivity contribution in [3.8, 4) is 31.8 Å². The largest absolute Gasteiger partial charge is 0.261 e. The number of hydrogen-bond donors (Lipinski definition) is 0. The number of aromatic nitrogens is 5. The van der Waals surface area contributed by atoms with E-state index in [0.29, 0.717) is 11.4 Å². The molecule has 5 heterocycles. The monoisotopic (exact) mass is 405 g/mol. The van der Waals surface area contributed by atoms with Crippen LogP contribution in [0.2, 0.25) is 0 Å². The molecule has 0 radical (unpaired) electrons. The third-order valence-corrected chi connectivity index (χ3v) is 6.42. The lowest BCUT2D eigenvalue weighted by Gasteiger charge is -1.98. The van der Waals surface area contributed by atoms with Crippen molar-refractivity contribution in [3.63, 3.8) is 0 Å². The van der Waals surface area contributed by atoms with Gasteiger partial charge in [0.1, 0.15) is 15.7 Å². The van der Waals surface area contributed by atoms with E-state index in [1.165, 1.54) is 23.6 Å². The highest BCUT2D eigenvalue weighted by Crippen LogP contribution is 2.37. The lowest BCUT2D eigenvalue weighted by atomic mass is 10.2. The Kier molecular flexibility index (Phi) is 4.14. The van der Waals surface area contributed by atoms with E-state index < -0.39 is 0 Å². The van der Waals surface area contributed by atoms with Crippen LogP contribution in [0.3, 0.4) is 0 Å². The summed E-state index contributed by atoms with van der Waals surface area (Å²) in [6.45, 7) is 1.94. The third kappa shape index (κ3) is 3.06. The van der Waals surface area contributed by atoms with Gasteiger partial charge in [-0.3, -0.25) is 4.98 Å². The second-order valence-electron chi connectivity index (χ2n) is 6.10. The smallest absolute Gasteiger partial charge is 0.169 e. The number of aryl methyl sites for hydroxylation is 1. The first-order valence-corrected chi connectivity index (χ1v) is 10.1. The summed E-state index contributed by atoms with van der Waals surface area (Å²) in [6.07, 6.45) is 6.27. The molecule has 0 saturated heterocycles. The normalized spacial score (nSPS) is 11.2. The number of pyridine rings is 2. The van der Waals surface area contributed by atoms with Crippen LogP contribution in [0.25, 0.3) is 42.1 Å². The van der Waals surface area contributed by atoms with Crippen LogP contribution in [0, 0.1) is 12.7 Å². The van der Waals surface area contributed by atoms with Crippen LogP contribution in [0.4, 0.5) is 4.39 Å². The van der Waals surface area contributed by atoms with Gasteiger partial charge in [-0.25, -0.2) is 24.3 Å². The van der Waals surface area contributed by atoms with Crippen molar-refractivity contribution in [2.24, 2.45) is 0 Å². The van der Waals surface area contributed by atoms with E-state index in [9.17, 15) is 4.39 Å². The average Bonchev–Trinajstić information content (AvgIpc) is 3.31. The van der Waals surface area contributed by atoms with Crippen LogP contribution >= 0.6 is 22.7 Å². The first-order chi connectivity index (χ1) is 13.7. The summed E-state index contributed by atoms with van der Waals surface area (Å²) in [5.74, 6) is 0.322. The highest BCUT2D eigenvalue weighted by Gasteiger charge is 2.15. The van der Waals surface area contributed by atoms with Gasteiger partial charge in [0, 0.05) is 29.5 Å². The van der Waals surface area contributed by atoms with E-state index in [1.54, 1.807) is 36.0 Å². The molecular weight excluding hydrogens is 393 g/mol. The maximum Gasteiger partial charge on any atom is 0.169 e. The Morgan fingerprint density at radius 2 is 1.82 bits per heavy atom. The molecule has 8 heteroatoms. The number of hydrogen-bond acceptors (Lipinski definition) is 7. The minimum absolute atomic E-state index is 0.374. The van der Waals surface area contributed by atoms with Gasteiger partial charge in [-0.1, -0.05) is 0 Å². The summed E-state index contributed by atoms with van der Waals surface area (Å²) in [4.78, 5) is 24.8. The van der Waals surface area contributed by atoms with E-state index in [1.807, 2.05) is 19.1 Å². The summed E-state index contributed by atoms with van der Waals surface area (Å²) >= 11 is 3.04. The molecule has 5 aromatic heterocycles. The van der Waals surface area contributed by atoms with E-state index in [-0.39, 0.29) is 5.82 Å². The van der Waals surface area contributed by atoms with Gasteiger partial charge < -0.3 is 0 Å². The fourth-order valence-electron chi connectivity index (χ4n) is 2.87. The molecule has 136 valence electrons. The highest BCUT2D eigenvalue weighted by atomic mass is 32.1. The van der Waals surface area contributed by atoms with Crippen LogP contribution in [0.1, 0.15) is 5.69 Å². The molecule has 5 aromatic rings. The Bertz CT molecular complexity index is 1300. The molecule has 0 saturated carbocycles. The van der Waals surface area contributed by atoms with Gasteiger partial charge >= 0.3 is 0 Å². The van der Waals surface area contributed by atoms with Gasteiger partial charge in [0.05, 0.1) is 27.3 Å². The standard InChI is InChI=1S/C20H12FN5S2/c1-11-17(28-20(25-11)13-7-14(21)10-22-9-13)15-4-3-12-8-16(27-19(12)26-15)18-23-5-2-6-24-18/h2-10H,1H3. The molecule has 0 atom stereocenters. The highest BCUT2D eigenvalue weighted by molar-refractivity contribution is 7.21. The zero-order chi connectivity index (χ0) is 19.1. The van der Waals surface area contributed by atoms with Crippen LogP contribution in [-0.2, 0) is 0 Å². The molecule has 0 N–H and O–H groups in total. The second-order valence-corrected chi connectivity index (χ2v) is 8.13. The molecule has 0 aliphatic heterocycles. The molecule has 0 aromatic carbocycles. The Morgan fingerprint density at radius 1 is 0.964 bits per heavy atom. The summed E-state index contributed by atoms with van der Waals surface area (Å²) in [5.41, 5.74) is 2.37. The van der Waals surface area contributed by atoms with Crippen LogP contribution in [-0.4, -0.2) is 24.9 Å². The van der Waals surface area contributed by atoms with Crippen LogP contribution in [0.15, 0.2) is 55.1 Å². The zero-order valence-corrected chi connectivity index (χ0v) is 16.3. The van der Waals surface area contributed by atoms with Crippen LogP contribution in [0.5, 0.6) is 0 Å². The van der Waals surface area contributed by atoms with Crippen molar-refractivity contribution in [2.75, 3.05) is 0 Å². The third-order valence-electron chi connectivity index (χ3n) is 4.15. The topological polar surface area (TPSA) is 64.5 Å². The van der Waals surface area contributed by atoms with Crippen molar-refractivity contribution in [2.45, 2.75) is 6.92 Å². The van der Waals surface area contributed by atoms with Crippen molar-refractivity contribution in [1.29, 1.82) is 0 Å². The molecule has 0 amide bonds. The first kappa shape index (κ1) is 17.0. The van der Waals surface area contributed by atoms with Gasteiger partial charge in [-0.15, -0.1) is 22.7 Å². The minimum atomic E-state index is -0.374. The minimum Gasteiger partial charge on any atom is -0.261 e. The Hall–Kier alpha value is -3.10. The van der Waals surface area contributed by atoms with Crippen molar-refractivity contribution in [3.05, 3.63) is 66.6 Å². The summed E-state index contributed by atoms with van der Waals surface area (Å²) in [6, 6.07) is 9.32. The molecule has 5 nitrogen and oxygen atoms in total. The molecule has 0 unspecified atom stereocenters. The quantitative estimate of drug-likeness (QED) is 0.403. The van der Waals surface area contributed by atoms with E-state index >= 15 is 0 Å². The lowest BCUT2D eigenvalue weighted by Crippen LogP contribution is -1.83. The predicted octanol–water partition coefficient (Wildman–Crippen LogP) is 5.39. The molecule has 0 bridgehead atoms. The molecular formula is C20H12FN5S2. The number of halogens is 1. The Balaban J connectivity index is 1.56. The molecule has 0 aliphatic carbocycles. The molecule has 5 rings (SSSR count). The van der Waals surface area contributed by atoms with Crippen molar-refractivity contribution < 1.29 is 4.39 Å². The number of fused-ring (bicyclic) bond motifs is 1. The van der Waals surface area contributed by atoms with Gasteiger partial charge in [0.25, 0.3) is 0 Å². The SMILES string of the molecule is Cc1nc(-c2cncc(F)c2)sc1-c1ccc2cc(-c3ncccn3)sc2n1. The average molecular weight is 405 g/mol. The van der Waals surface area contributed by atoms with E-state index in [0.717, 1.165) is 36.4 Å². The van der Waals surface area contributed by atoms with Crippen LogP contribution < -0.4 is 0 Å². The van der Waals surface area contributed by atoms with Gasteiger partial charge in [0.2, 0.25) is 0 Å². The van der Waals surface area contributed by atoms with Gasteiger partial charge in [-0.05, 0) is 37.3 Å². The molecule has 0 fully saturated rings. The summed E-state index contributed by atoms with van der Waals surface area (Å²) in [7, 11) is 0. The lowest BCUT2D eigenvalue weighted by molar-refractivity contribution is 0.622. The second kappa shape index (κ2) is 6.81. The van der Waals surface area contributed by atoms with E-state index in [2.05, 4.69) is 26.0 Å². The van der Waals surface area contributed by atoms with Gasteiger partial charge in [-0.2, -0.15) is 0 Å². The first-order valence-electron chi connectivity index (χ1n) is 8.44. The summed E-state index contributed by atoms with van der Waals surface area (Å²) < 4.78 is 13.5. The Morgan fingerprint density at radius 3 is 2.64 bits per heavy atom. The molecule has 28 heavy (non-hydrogen) atoms. The zero-order valence-electron chi connectivity index (χ0n) is 14.6. The maximum atomic E-state index is 13.5. The fourth-order valence-corrected chi connectivity index (χ4v) is 4.86. The molecule has 0 aliphatic rings. The molecule has 0 spiro atoms. The maximum absolute atomic E-state index is 13.5. The number of rotatable bonds is 3. The number of thiazole rings is 1. The number of nitrogens with zero attached hydrogens (tertiary/aromatic N) is 5. The summed E-state index contributed by atoms with van der Waals surface area (Å²) in [5, 5.41) is 1.78. The predicted molar refractivity (Wildman–Crippen MR) is 110 cm³/mol. The number of thiophene rings is 1. The van der Waals surface area contributed by atoms with Gasteiger partial charge in [0.15, 0.2) is 5.82 Å². The fraction of sp³-hybridized carbons (Fsp3) is 0.0500. The van der Waals surface area contributed by atoms with Crippen molar-refractivity contribution >= 4 is 32.9 Å². The van der Waals surface area contributed by atoms with E-state index in [4.69, 9.17) is 4.98 Å². The van der Waals surface area contributed by atoms with Crippen molar-refractivity contribution in [1.82, 2.24) is 24.9 Å². The Labute approximate surface area is 167 Å².